The van der Waals surface area contributed by atoms with Crippen LogP contribution in [-0.2, 0) is 9.59 Å². The molecule has 7 atom stereocenters. The number of rotatable bonds is 3. The van der Waals surface area contributed by atoms with Crippen LogP contribution in [0.15, 0.2) is 36.7 Å². The van der Waals surface area contributed by atoms with Crippen LogP contribution in [0.1, 0.15) is 58.8 Å². The van der Waals surface area contributed by atoms with Gasteiger partial charge in [0, 0.05) is 36.0 Å². The van der Waals surface area contributed by atoms with E-state index in [1.54, 1.807) is 18.5 Å². The van der Waals surface area contributed by atoms with Crippen molar-refractivity contribution in [2.45, 2.75) is 64.8 Å². The molecule has 0 saturated heterocycles. The second-order valence-corrected chi connectivity index (χ2v) is 10.5. The van der Waals surface area contributed by atoms with Gasteiger partial charge in [-0.3, -0.25) is 14.6 Å². The van der Waals surface area contributed by atoms with Gasteiger partial charge in [0.1, 0.15) is 0 Å². The van der Waals surface area contributed by atoms with Crippen molar-refractivity contribution in [3.63, 3.8) is 0 Å². The average Bonchev–Trinajstić information content (AvgIpc) is 3.05. The molecule has 160 valence electrons. The second-order valence-electron chi connectivity index (χ2n) is 10.5. The summed E-state index contributed by atoms with van der Waals surface area (Å²) in [6, 6.07) is 3.97. The van der Waals surface area contributed by atoms with E-state index < -0.39 is 0 Å². The van der Waals surface area contributed by atoms with Crippen molar-refractivity contribution in [2.75, 3.05) is 5.32 Å². The summed E-state index contributed by atoms with van der Waals surface area (Å²) in [5.74, 6) is 2.69. The van der Waals surface area contributed by atoms with E-state index >= 15 is 0 Å². The van der Waals surface area contributed by atoms with Crippen LogP contribution in [0.5, 0.6) is 0 Å². The van der Waals surface area contributed by atoms with E-state index in [0.717, 1.165) is 18.5 Å². The number of fused-ring (bicyclic) bond motifs is 5. The highest BCUT2D eigenvalue weighted by atomic mass is 16.2. The molecule has 0 spiro atoms. The lowest BCUT2D eigenvalue weighted by molar-refractivity contribution is -0.123. The van der Waals surface area contributed by atoms with Crippen LogP contribution in [0.2, 0.25) is 0 Å². The Morgan fingerprint density at radius 3 is 2.73 bits per heavy atom. The molecule has 0 bridgehead atoms. The summed E-state index contributed by atoms with van der Waals surface area (Å²) in [6.45, 7) is 4.82. The molecule has 0 unspecified atom stereocenters. The molecule has 1 aliphatic heterocycles. The quantitative estimate of drug-likeness (QED) is 0.784. The Kier molecular flexibility index (Phi) is 4.75. The Bertz CT molecular complexity index is 868. The van der Waals surface area contributed by atoms with Gasteiger partial charge in [-0.15, -0.1) is 0 Å². The third kappa shape index (κ3) is 3.09. The van der Waals surface area contributed by atoms with Gasteiger partial charge < -0.3 is 10.6 Å². The highest BCUT2D eigenvalue weighted by Crippen LogP contribution is 2.65. The zero-order valence-electron chi connectivity index (χ0n) is 18.1. The van der Waals surface area contributed by atoms with E-state index in [4.69, 9.17) is 0 Å². The molecule has 5 rings (SSSR count). The molecule has 2 amide bonds. The summed E-state index contributed by atoms with van der Waals surface area (Å²) in [6.07, 6.45) is 15.1. The van der Waals surface area contributed by atoms with Gasteiger partial charge in [0.05, 0.1) is 0 Å². The van der Waals surface area contributed by atoms with Gasteiger partial charge in [-0.2, -0.15) is 0 Å². The standard InChI is InChI=1S/C25H33N3O2/c1-24-11-7-20-18(4-6-21-25(20,2)12-8-22(29)28-21)19(24)5-3-16(24)15-23(30)27-17-9-13-26-14-10-17/h8-10,12-14,16,18-21H,3-7,11,15H2,1-2H3,(H,28,29)(H,26,27,30)/t16-,18+,19+,20+,21-,24-,25-/m1/s1. The van der Waals surface area contributed by atoms with Crippen molar-refractivity contribution < 1.29 is 9.59 Å². The number of aromatic nitrogens is 1. The normalized spacial score (nSPS) is 41.9. The van der Waals surface area contributed by atoms with Gasteiger partial charge in [0.25, 0.3) is 0 Å². The molecule has 3 aliphatic carbocycles. The fourth-order valence-corrected chi connectivity index (χ4v) is 7.65. The highest BCUT2D eigenvalue weighted by molar-refractivity contribution is 5.91. The molecule has 1 aromatic heterocycles. The molecule has 2 heterocycles. The van der Waals surface area contributed by atoms with Crippen molar-refractivity contribution in [3.05, 3.63) is 36.7 Å². The number of hydrogen-bond donors (Lipinski definition) is 2. The van der Waals surface area contributed by atoms with Crippen LogP contribution in [0.25, 0.3) is 0 Å². The minimum Gasteiger partial charge on any atom is -0.349 e. The SMILES string of the molecule is C[C@]12C=CC(=O)N[C@@H]1CC[C@@H]1[C@@H]2CC[C@]2(C)[C@@H](CC(=O)Nc3ccncc3)CC[C@@H]12. The molecule has 5 heteroatoms. The Morgan fingerprint density at radius 2 is 1.93 bits per heavy atom. The number of anilines is 1. The lowest BCUT2D eigenvalue weighted by Gasteiger charge is -2.59. The Hall–Kier alpha value is -2.17. The minimum absolute atomic E-state index is 0.0673. The maximum atomic E-state index is 12.8. The topological polar surface area (TPSA) is 71.1 Å². The molecule has 0 radical (unpaired) electrons. The van der Waals surface area contributed by atoms with E-state index in [9.17, 15) is 9.59 Å². The lowest BCUT2D eigenvalue weighted by atomic mass is 9.48. The monoisotopic (exact) mass is 407 g/mol. The Labute approximate surface area is 179 Å². The number of pyridine rings is 1. The minimum atomic E-state index is 0.0673. The summed E-state index contributed by atoms with van der Waals surface area (Å²) < 4.78 is 0. The summed E-state index contributed by atoms with van der Waals surface area (Å²) >= 11 is 0. The predicted octanol–water partition coefficient (Wildman–Crippen LogP) is 4.32. The third-order valence-corrected chi connectivity index (χ3v) is 9.28. The maximum absolute atomic E-state index is 12.8. The number of carbonyl (C=O) groups is 2. The first kappa shape index (κ1) is 19.8. The molecular formula is C25H33N3O2. The summed E-state index contributed by atoms with van der Waals surface area (Å²) in [5, 5.41) is 6.29. The van der Waals surface area contributed by atoms with Gasteiger partial charge >= 0.3 is 0 Å². The molecule has 0 aromatic carbocycles. The highest BCUT2D eigenvalue weighted by Gasteiger charge is 2.59. The summed E-state index contributed by atoms with van der Waals surface area (Å²) in [5.41, 5.74) is 1.16. The van der Waals surface area contributed by atoms with E-state index in [2.05, 4.69) is 35.5 Å². The largest absolute Gasteiger partial charge is 0.349 e. The van der Waals surface area contributed by atoms with E-state index in [1.807, 2.05) is 12.1 Å². The van der Waals surface area contributed by atoms with Crippen LogP contribution >= 0.6 is 0 Å². The zero-order chi connectivity index (χ0) is 20.9. The fraction of sp³-hybridized carbons (Fsp3) is 0.640. The smallest absolute Gasteiger partial charge is 0.243 e. The van der Waals surface area contributed by atoms with E-state index in [1.165, 1.54) is 25.7 Å². The first-order valence-corrected chi connectivity index (χ1v) is 11.6. The van der Waals surface area contributed by atoms with Crippen LogP contribution in [-0.4, -0.2) is 22.8 Å². The van der Waals surface area contributed by atoms with Crippen molar-refractivity contribution in [2.24, 2.45) is 34.5 Å². The Balaban J connectivity index is 1.31. The van der Waals surface area contributed by atoms with Crippen molar-refractivity contribution in [1.82, 2.24) is 10.3 Å². The van der Waals surface area contributed by atoms with Crippen LogP contribution < -0.4 is 10.6 Å². The molecule has 2 N–H and O–H groups in total. The molecule has 3 saturated carbocycles. The fourth-order valence-electron chi connectivity index (χ4n) is 7.65. The predicted molar refractivity (Wildman–Crippen MR) is 116 cm³/mol. The summed E-state index contributed by atoms with van der Waals surface area (Å²) in [7, 11) is 0. The third-order valence-electron chi connectivity index (χ3n) is 9.28. The molecule has 30 heavy (non-hydrogen) atoms. The Morgan fingerprint density at radius 1 is 1.13 bits per heavy atom. The van der Waals surface area contributed by atoms with E-state index in [0.29, 0.717) is 30.1 Å². The van der Waals surface area contributed by atoms with Crippen molar-refractivity contribution >= 4 is 17.5 Å². The van der Waals surface area contributed by atoms with Crippen molar-refractivity contribution in [1.29, 1.82) is 0 Å². The van der Waals surface area contributed by atoms with Gasteiger partial charge in [-0.05, 0) is 85.8 Å². The summed E-state index contributed by atoms with van der Waals surface area (Å²) in [4.78, 5) is 28.7. The number of nitrogens with one attached hydrogen (secondary N) is 2. The molecule has 5 nitrogen and oxygen atoms in total. The van der Waals surface area contributed by atoms with Gasteiger partial charge in [-0.1, -0.05) is 19.9 Å². The van der Waals surface area contributed by atoms with E-state index in [-0.39, 0.29) is 28.7 Å². The van der Waals surface area contributed by atoms with Crippen molar-refractivity contribution in [3.8, 4) is 0 Å². The van der Waals surface area contributed by atoms with Gasteiger partial charge in [0.2, 0.25) is 11.8 Å². The molecule has 1 aromatic rings. The van der Waals surface area contributed by atoms with Crippen LogP contribution in [0.4, 0.5) is 5.69 Å². The second kappa shape index (κ2) is 7.21. The average molecular weight is 408 g/mol. The number of nitrogens with zero attached hydrogens (tertiary/aromatic N) is 1. The maximum Gasteiger partial charge on any atom is 0.243 e. The molecule has 3 fully saturated rings. The number of hydrogen-bond acceptors (Lipinski definition) is 3. The lowest BCUT2D eigenvalue weighted by Crippen LogP contribution is -2.59. The first-order valence-electron chi connectivity index (χ1n) is 11.6. The number of carbonyl (C=O) groups excluding carboxylic acids is 2. The van der Waals surface area contributed by atoms with Gasteiger partial charge in [-0.25, -0.2) is 0 Å². The zero-order valence-corrected chi connectivity index (χ0v) is 18.1. The number of amides is 2. The van der Waals surface area contributed by atoms with Crippen LogP contribution in [0, 0.1) is 34.5 Å². The molecule has 4 aliphatic rings. The van der Waals surface area contributed by atoms with Gasteiger partial charge in [0.15, 0.2) is 0 Å². The van der Waals surface area contributed by atoms with Crippen LogP contribution in [0.3, 0.4) is 0 Å². The first-order chi connectivity index (χ1) is 14.4. The molecular weight excluding hydrogens is 374 g/mol.